The van der Waals surface area contributed by atoms with E-state index in [2.05, 4.69) is 35.5 Å². The van der Waals surface area contributed by atoms with Crippen molar-refractivity contribution in [3.8, 4) is 0 Å². The van der Waals surface area contributed by atoms with Gasteiger partial charge < -0.3 is 0 Å². The van der Waals surface area contributed by atoms with E-state index >= 15 is 0 Å². The molecule has 0 atom stereocenters. The molecular formula is C6H10F6NPS. The molecule has 0 aliphatic rings. The molecule has 0 saturated heterocycles. The molecule has 0 N–H and O–H groups in total. The van der Waals surface area contributed by atoms with E-state index in [0.717, 1.165) is 0 Å². The van der Waals surface area contributed by atoms with Crippen LogP contribution in [0.4, 0.5) is 25.2 Å². The Morgan fingerprint density at radius 1 is 1.07 bits per heavy atom. The van der Waals surface area contributed by atoms with Crippen LogP contribution in [-0.4, -0.2) is 0 Å². The van der Waals surface area contributed by atoms with Gasteiger partial charge in [-0.25, -0.2) is 0 Å². The molecule has 0 spiro atoms. The molecule has 0 aliphatic carbocycles. The van der Waals surface area contributed by atoms with E-state index in [4.69, 9.17) is 0 Å². The van der Waals surface area contributed by atoms with E-state index in [1.165, 1.54) is 0 Å². The molecule has 0 amide bonds. The molecule has 0 aromatic carbocycles. The van der Waals surface area contributed by atoms with E-state index in [9.17, 15) is 25.2 Å². The van der Waals surface area contributed by atoms with Crippen molar-refractivity contribution in [3.05, 3.63) is 17.1 Å². The molecule has 0 unspecified atom stereocenters. The topological polar surface area (TPSA) is 3.88 Å². The van der Waals surface area contributed by atoms with Crippen LogP contribution in [0.1, 0.15) is 19.9 Å². The number of aromatic nitrogens is 1. The molecule has 0 saturated carbocycles. The maximum atomic E-state index is 9.87. The molecule has 1 aromatic heterocycles. The zero-order valence-corrected chi connectivity index (χ0v) is 9.59. The van der Waals surface area contributed by atoms with Crippen molar-refractivity contribution < 1.29 is 29.7 Å². The molecule has 0 bridgehead atoms. The fourth-order valence-electron chi connectivity index (χ4n) is 0.540. The summed E-state index contributed by atoms with van der Waals surface area (Å²) in [7, 11) is -10.7. The van der Waals surface area contributed by atoms with Gasteiger partial charge in [0.05, 0.1) is 5.38 Å². The van der Waals surface area contributed by atoms with Gasteiger partial charge in [0.1, 0.15) is 0 Å². The Balaban J connectivity index is 0.000000265. The Morgan fingerprint density at radius 3 is 1.60 bits per heavy atom. The van der Waals surface area contributed by atoms with Crippen LogP contribution in [0.3, 0.4) is 0 Å². The first-order valence-electron chi connectivity index (χ1n) is 3.75. The number of hydrogen-bond acceptors (Lipinski definition) is 1. The van der Waals surface area contributed by atoms with Crippen LogP contribution in [0.15, 0.2) is 17.1 Å². The van der Waals surface area contributed by atoms with Crippen molar-refractivity contribution in [2.75, 3.05) is 0 Å². The zero-order chi connectivity index (χ0) is 12.4. The number of rotatable bonds is 1. The van der Waals surface area contributed by atoms with Gasteiger partial charge in [0.2, 0.25) is 5.51 Å². The summed E-state index contributed by atoms with van der Waals surface area (Å²) in [5.41, 5.74) is 2.12. The van der Waals surface area contributed by atoms with Crippen molar-refractivity contribution in [2.24, 2.45) is 0 Å². The van der Waals surface area contributed by atoms with E-state index in [0.29, 0.717) is 6.04 Å². The van der Waals surface area contributed by atoms with Gasteiger partial charge in [0.25, 0.3) is 0 Å². The van der Waals surface area contributed by atoms with Crippen LogP contribution in [0.2, 0.25) is 0 Å². The van der Waals surface area contributed by atoms with E-state index in [1.807, 2.05) is 0 Å². The second kappa shape index (κ2) is 3.59. The molecular weight excluding hydrogens is 263 g/mol. The van der Waals surface area contributed by atoms with Crippen molar-refractivity contribution in [1.29, 1.82) is 0 Å². The van der Waals surface area contributed by atoms with Gasteiger partial charge in [-0.05, 0) is 13.8 Å². The average molecular weight is 273 g/mol. The third-order valence-corrected chi connectivity index (χ3v) is 1.73. The van der Waals surface area contributed by atoms with Crippen molar-refractivity contribution in [2.45, 2.75) is 19.9 Å². The van der Waals surface area contributed by atoms with Crippen molar-refractivity contribution >= 4 is 19.1 Å². The Bertz CT molecular complexity index is 289. The summed E-state index contributed by atoms with van der Waals surface area (Å²) in [4.78, 5) is 0. The van der Waals surface area contributed by atoms with Gasteiger partial charge in [0, 0.05) is 0 Å². The zero-order valence-electron chi connectivity index (χ0n) is 7.88. The molecule has 0 aliphatic heterocycles. The number of hydrogen-bond donors (Lipinski definition) is 0. The second-order valence-corrected chi connectivity index (χ2v) is 5.70. The molecule has 1 heterocycles. The predicted octanol–water partition coefficient (Wildman–Crippen LogP) is 5.00. The number of thiazole rings is 1. The van der Waals surface area contributed by atoms with Gasteiger partial charge in [-0.2, -0.15) is 4.57 Å². The van der Waals surface area contributed by atoms with Crippen LogP contribution >= 0.6 is 19.1 Å². The molecule has 0 fully saturated rings. The first-order chi connectivity index (χ1) is 6.25. The van der Waals surface area contributed by atoms with Crippen LogP contribution in [-0.2, 0) is 0 Å². The molecule has 1 rings (SSSR count). The normalized spacial score (nSPS) is 16.3. The third-order valence-electron chi connectivity index (χ3n) is 1.09. The Hall–Kier alpha value is -0.360. The second-order valence-electron chi connectivity index (χ2n) is 3.03. The monoisotopic (exact) mass is 273 g/mol. The predicted molar refractivity (Wildman–Crippen MR) is 48.5 cm³/mol. The van der Waals surface area contributed by atoms with Crippen LogP contribution in [0.5, 0.6) is 0 Å². The standard InChI is InChI=1S/C6H10NS.F6P/c1-6(2)7-3-4-8-5-7;1-7(2,3,4,5)6/h3-6H,1-2H3;/q+1;-1. The van der Waals surface area contributed by atoms with E-state index in [-0.39, 0.29) is 0 Å². The summed E-state index contributed by atoms with van der Waals surface area (Å²) in [6.07, 6.45) is 2.09. The van der Waals surface area contributed by atoms with Gasteiger partial charge in [0.15, 0.2) is 12.2 Å². The maximum absolute atomic E-state index is 10.7. The van der Waals surface area contributed by atoms with E-state index in [1.54, 1.807) is 11.3 Å². The van der Waals surface area contributed by atoms with Gasteiger partial charge in [-0.15, -0.1) is 0 Å². The fraction of sp³-hybridized carbons (Fsp3) is 0.500. The van der Waals surface area contributed by atoms with E-state index < -0.39 is 7.81 Å². The summed E-state index contributed by atoms with van der Waals surface area (Å²) in [6, 6.07) is 0.612. The molecule has 9 heteroatoms. The molecule has 1 nitrogen and oxygen atoms in total. The quantitative estimate of drug-likeness (QED) is 0.385. The summed E-state index contributed by atoms with van der Waals surface area (Å²) in [5.74, 6) is 0. The Labute approximate surface area is 86.6 Å². The Morgan fingerprint density at radius 2 is 1.47 bits per heavy atom. The van der Waals surface area contributed by atoms with Crippen LogP contribution in [0, 0.1) is 0 Å². The first-order valence-corrected chi connectivity index (χ1v) is 6.72. The minimum absolute atomic E-state index is 0.612. The summed E-state index contributed by atoms with van der Waals surface area (Å²) >= 11 is 1.73. The molecule has 1 aromatic rings. The minimum atomic E-state index is -10.7. The van der Waals surface area contributed by atoms with Gasteiger partial charge in [-0.3, -0.25) is 0 Å². The molecule has 92 valence electrons. The molecule has 0 radical (unpaired) electrons. The summed E-state index contributed by atoms with van der Waals surface area (Å²) in [6.45, 7) is 4.35. The first kappa shape index (κ1) is 14.6. The number of nitrogens with zero attached hydrogens (tertiary/aromatic N) is 1. The SMILES string of the molecule is CC(C)[n+]1ccsc1.F[P-](F)(F)(F)(F)F. The van der Waals surface area contributed by atoms with Gasteiger partial charge >= 0.3 is 33.0 Å². The third kappa shape index (κ3) is 16.3. The summed E-state index contributed by atoms with van der Waals surface area (Å²) < 4.78 is 61.4. The molecule has 15 heavy (non-hydrogen) atoms. The Kier molecular flexibility index (Phi) is 3.50. The van der Waals surface area contributed by atoms with Crippen molar-refractivity contribution in [3.63, 3.8) is 0 Å². The van der Waals surface area contributed by atoms with Crippen LogP contribution in [0.25, 0.3) is 0 Å². The van der Waals surface area contributed by atoms with Crippen molar-refractivity contribution in [1.82, 2.24) is 0 Å². The van der Waals surface area contributed by atoms with Crippen LogP contribution < -0.4 is 4.57 Å². The average Bonchev–Trinajstić information content (AvgIpc) is 2.27. The number of halogens is 6. The van der Waals surface area contributed by atoms with Gasteiger partial charge in [-0.1, -0.05) is 11.3 Å². The fourth-order valence-corrected chi connectivity index (χ4v) is 1.28. The summed E-state index contributed by atoms with van der Waals surface area (Å²) in [5, 5.41) is 2.08.